The smallest absolute Gasteiger partial charge is 0.246 e. The van der Waals surface area contributed by atoms with Crippen LogP contribution in [0.15, 0.2) is 53.1 Å². The van der Waals surface area contributed by atoms with E-state index in [0.29, 0.717) is 24.4 Å². The molecule has 0 saturated carbocycles. The van der Waals surface area contributed by atoms with Gasteiger partial charge in [0.05, 0.1) is 12.0 Å². The first-order valence-corrected chi connectivity index (χ1v) is 6.33. The first-order valence-electron chi connectivity index (χ1n) is 6.33. The third-order valence-electron chi connectivity index (χ3n) is 2.98. The van der Waals surface area contributed by atoms with Gasteiger partial charge >= 0.3 is 0 Å². The number of para-hydroxylation sites is 1. The number of benzene rings is 1. The number of pyridine rings is 1. The molecular weight excluding hydrogens is 252 g/mol. The second-order valence-electron chi connectivity index (χ2n) is 4.29. The SMILES string of the molecule is N#Cc1oc2ccccc2c1OCCc1ccccn1. The molecule has 1 aromatic carbocycles. The lowest BCUT2D eigenvalue weighted by Gasteiger charge is -2.04. The summed E-state index contributed by atoms with van der Waals surface area (Å²) < 4.78 is 11.2. The number of rotatable bonds is 4. The molecular formula is C16H12N2O2. The lowest BCUT2D eigenvalue weighted by Crippen LogP contribution is -2.03. The fourth-order valence-electron chi connectivity index (χ4n) is 2.04. The summed E-state index contributed by atoms with van der Waals surface area (Å²) in [7, 11) is 0. The third-order valence-corrected chi connectivity index (χ3v) is 2.98. The highest BCUT2D eigenvalue weighted by molar-refractivity contribution is 5.86. The Morgan fingerprint density at radius 3 is 2.80 bits per heavy atom. The molecule has 0 aliphatic heterocycles. The van der Waals surface area contributed by atoms with Crippen LogP contribution in [0.3, 0.4) is 0 Å². The summed E-state index contributed by atoms with van der Waals surface area (Å²) in [6.45, 7) is 0.454. The lowest BCUT2D eigenvalue weighted by atomic mass is 10.2. The maximum Gasteiger partial charge on any atom is 0.246 e. The van der Waals surface area contributed by atoms with E-state index in [-0.39, 0.29) is 5.76 Å². The number of nitrogens with zero attached hydrogens (tertiary/aromatic N) is 2. The van der Waals surface area contributed by atoms with Crippen LogP contribution in [-0.2, 0) is 6.42 Å². The van der Waals surface area contributed by atoms with Crippen molar-refractivity contribution in [3.8, 4) is 11.8 Å². The molecule has 2 heterocycles. The predicted molar refractivity (Wildman–Crippen MR) is 74.4 cm³/mol. The summed E-state index contributed by atoms with van der Waals surface area (Å²) in [5.41, 5.74) is 1.62. The highest BCUT2D eigenvalue weighted by atomic mass is 16.5. The van der Waals surface area contributed by atoms with E-state index < -0.39 is 0 Å². The molecule has 0 spiro atoms. The van der Waals surface area contributed by atoms with Crippen molar-refractivity contribution in [3.05, 3.63) is 60.1 Å². The largest absolute Gasteiger partial charge is 0.488 e. The molecule has 0 atom stereocenters. The van der Waals surface area contributed by atoms with E-state index in [0.717, 1.165) is 11.1 Å². The van der Waals surface area contributed by atoms with Gasteiger partial charge in [-0.15, -0.1) is 0 Å². The lowest BCUT2D eigenvalue weighted by molar-refractivity contribution is 0.317. The van der Waals surface area contributed by atoms with Gasteiger partial charge in [0, 0.05) is 18.3 Å². The van der Waals surface area contributed by atoms with E-state index in [1.54, 1.807) is 6.20 Å². The zero-order valence-corrected chi connectivity index (χ0v) is 10.7. The maximum absolute atomic E-state index is 9.10. The monoisotopic (exact) mass is 264 g/mol. The summed E-state index contributed by atoms with van der Waals surface area (Å²) in [5.74, 6) is 0.728. The summed E-state index contributed by atoms with van der Waals surface area (Å²) in [5, 5.41) is 9.92. The number of aromatic nitrogens is 1. The van der Waals surface area contributed by atoms with Crippen molar-refractivity contribution in [2.24, 2.45) is 0 Å². The average molecular weight is 264 g/mol. The maximum atomic E-state index is 9.10. The van der Waals surface area contributed by atoms with Crippen molar-refractivity contribution in [3.63, 3.8) is 0 Å². The zero-order valence-electron chi connectivity index (χ0n) is 10.7. The minimum Gasteiger partial charge on any atom is -0.488 e. The van der Waals surface area contributed by atoms with Crippen LogP contribution < -0.4 is 4.74 Å². The number of hydrogen-bond donors (Lipinski definition) is 0. The van der Waals surface area contributed by atoms with Gasteiger partial charge in [-0.05, 0) is 24.3 Å². The van der Waals surface area contributed by atoms with Crippen LogP contribution in [0.2, 0.25) is 0 Å². The second kappa shape index (κ2) is 5.45. The molecule has 0 amide bonds. The molecule has 98 valence electrons. The molecule has 0 radical (unpaired) electrons. The topological polar surface area (TPSA) is 59.0 Å². The second-order valence-corrected chi connectivity index (χ2v) is 4.29. The number of hydrogen-bond acceptors (Lipinski definition) is 4. The van der Waals surface area contributed by atoms with Crippen molar-refractivity contribution in [1.29, 1.82) is 5.26 Å². The Labute approximate surface area is 116 Å². The molecule has 0 unspecified atom stereocenters. The van der Waals surface area contributed by atoms with E-state index in [1.807, 2.05) is 48.5 Å². The molecule has 3 aromatic rings. The molecule has 0 N–H and O–H groups in total. The van der Waals surface area contributed by atoms with Crippen LogP contribution in [0.4, 0.5) is 0 Å². The number of ether oxygens (including phenoxy) is 1. The normalized spacial score (nSPS) is 10.3. The Morgan fingerprint density at radius 2 is 2.00 bits per heavy atom. The Bertz CT molecular complexity index is 757. The molecule has 3 rings (SSSR count). The van der Waals surface area contributed by atoms with Gasteiger partial charge in [0.1, 0.15) is 11.7 Å². The summed E-state index contributed by atoms with van der Waals surface area (Å²) in [6.07, 6.45) is 2.44. The van der Waals surface area contributed by atoms with Gasteiger partial charge in [0.2, 0.25) is 5.76 Å². The van der Waals surface area contributed by atoms with Crippen molar-refractivity contribution < 1.29 is 9.15 Å². The Balaban J connectivity index is 1.79. The quantitative estimate of drug-likeness (QED) is 0.725. The van der Waals surface area contributed by atoms with Crippen LogP contribution in [0.25, 0.3) is 11.0 Å². The number of nitriles is 1. The van der Waals surface area contributed by atoms with Gasteiger partial charge in [-0.25, -0.2) is 0 Å². The molecule has 0 fully saturated rings. The molecule has 4 nitrogen and oxygen atoms in total. The van der Waals surface area contributed by atoms with Crippen molar-refractivity contribution in [2.75, 3.05) is 6.61 Å². The van der Waals surface area contributed by atoms with Gasteiger partial charge in [-0.3, -0.25) is 4.98 Å². The van der Waals surface area contributed by atoms with Gasteiger partial charge < -0.3 is 9.15 Å². The molecule has 0 aliphatic carbocycles. The van der Waals surface area contributed by atoms with Crippen molar-refractivity contribution >= 4 is 11.0 Å². The Hall–Kier alpha value is -2.80. The Kier molecular flexibility index (Phi) is 3.34. The first kappa shape index (κ1) is 12.2. The van der Waals surface area contributed by atoms with Crippen LogP contribution >= 0.6 is 0 Å². The standard InChI is InChI=1S/C16H12N2O2/c17-11-15-16(13-6-1-2-7-14(13)20-15)19-10-8-12-5-3-4-9-18-12/h1-7,9H,8,10H2. The summed E-state index contributed by atoms with van der Waals surface area (Å²) in [4.78, 5) is 4.23. The van der Waals surface area contributed by atoms with E-state index in [1.165, 1.54) is 0 Å². The fraction of sp³-hybridized carbons (Fsp3) is 0.125. The van der Waals surface area contributed by atoms with E-state index in [4.69, 9.17) is 14.4 Å². The summed E-state index contributed by atoms with van der Waals surface area (Å²) in [6, 6.07) is 15.3. The Morgan fingerprint density at radius 1 is 1.15 bits per heavy atom. The third kappa shape index (κ3) is 2.34. The van der Waals surface area contributed by atoms with Crippen LogP contribution in [0.1, 0.15) is 11.5 Å². The molecule has 20 heavy (non-hydrogen) atoms. The van der Waals surface area contributed by atoms with Crippen LogP contribution in [0.5, 0.6) is 5.75 Å². The zero-order chi connectivity index (χ0) is 13.8. The molecule has 0 aliphatic rings. The molecule has 0 bridgehead atoms. The highest BCUT2D eigenvalue weighted by Crippen LogP contribution is 2.32. The minimum atomic E-state index is 0.215. The van der Waals surface area contributed by atoms with Gasteiger partial charge in [-0.2, -0.15) is 5.26 Å². The molecule has 4 heteroatoms. The van der Waals surface area contributed by atoms with Gasteiger partial charge in [0.15, 0.2) is 5.75 Å². The van der Waals surface area contributed by atoms with Gasteiger partial charge in [0.25, 0.3) is 0 Å². The van der Waals surface area contributed by atoms with Crippen LogP contribution in [0, 0.1) is 11.3 Å². The fourth-order valence-corrected chi connectivity index (χ4v) is 2.04. The average Bonchev–Trinajstić information content (AvgIpc) is 2.87. The highest BCUT2D eigenvalue weighted by Gasteiger charge is 2.14. The predicted octanol–water partition coefficient (Wildman–Crippen LogP) is 3.32. The summed E-state index contributed by atoms with van der Waals surface area (Å²) >= 11 is 0. The molecule has 0 saturated heterocycles. The van der Waals surface area contributed by atoms with E-state index in [2.05, 4.69) is 4.98 Å². The van der Waals surface area contributed by atoms with E-state index >= 15 is 0 Å². The number of fused-ring (bicyclic) bond motifs is 1. The number of furan rings is 1. The van der Waals surface area contributed by atoms with Gasteiger partial charge in [-0.1, -0.05) is 18.2 Å². The first-order chi connectivity index (χ1) is 9.88. The van der Waals surface area contributed by atoms with E-state index in [9.17, 15) is 0 Å². The minimum absolute atomic E-state index is 0.215. The van der Waals surface area contributed by atoms with Crippen LogP contribution in [-0.4, -0.2) is 11.6 Å². The van der Waals surface area contributed by atoms with Crippen molar-refractivity contribution in [2.45, 2.75) is 6.42 Å². The molecule has 2 aromatic heterocycles. The van der Waals surface area contributed by atoms with Crippen molar-refractivity contribution in [1.82, 2.24) is 4.98 Å².